The van der Waals surface area contributed by atoms with Crippen LogP contribution < -0.4 is 19.8 Å². The molecule has 5 rings (SSSR count). The second-order valence-corrected chi connectivity index (χ2v) is 8.41. The molecule has 0 saturated heterocycles. The Morgan fingerprint density at radius 3 is 2.39 bits per heavy atom. The Bertz CT molecular complexity index is 1420. The largest absolute Gasteiger partial charge is 0.497 e. The molecule has 0 unspecified atom stereocenters. The number of ether oxygens (including phenoxy) is 4. The molecule has 0 saturated carbocycles. The highest BCUT2D eigenvalue weighted by Crippen LogP contribution is 2.44. The van der Waals surface area contributed by atoms with Crippen molar-refractivity contribution in [2.24, 2.45) is 0 Å². The van der Waals surface area contributed by atoms with Gasteiger partial charge in [-0.3, -0.25) is 0 Å². The van der Waals surface area contributed by atoms with E-state index in [9.17, 15) is 9.59 Å². The second-order valence-electron chi connectivity index (χ2n) is 8.41. The quantitative estimate of drug-likeness (QED) is 0.259. The molecule has 0 N–H and O–H groups in total. The molecule has 4 aromatic rings. The smallest absolute Gasteiger partial charge is 0.348 e. The summed E-state index contributed by atoms with van der Waals surface area (Å²) in [6.45, 7) is 2.44. The van der Waals surface area contributed by atoms with Gasteiger partial charge in [0.1, 0.15) is 22.8 Å². The SMILES string of the molecule is CCOC(=O)[C@@H]1Oc2c(c(=O)oc3ccccc23)[C@@H]1c1ccc(OCCc2ccc(OC)cc2)cc1. The van der Waals surface area contributed by atoms with Crippen molar-refractivity contribution in [2.45, 2.75) is 25.4 Å². The molecule has 0 fully saturated rings. The van der Waals surface area contributed by atoms with Gasteiger partial charge in [-0.05, 0) is 54.4 Å². The maximum absolute atomic E-state index is 13.0. The molecule has 3 aromatic carbocycles. The first kappa shape index (κ1) is 23.5. The fraction of sp³-hybridized carbons (Fsp3) is 0.241. The molecule has 0 radical (unpaired) electrons. The maximum Gasteiger partial charge on any atom is 0.348 e. The lowest BCUT2D eigenvalue weighted by molar-refractivity contribution is -0.151. The number of fused-ring (bicyclic) bond motifs is 3. The normalized spacial score (nSPS) is 16.3. The van der Waals surface area contributed by atoms with E-state index in [-0.39, 0.29) is 6.61 Å². The maximum atomic E-state index is 13.0. The Kier molecular flexibility index (Phi) is 6.62. The minimum Gasteiger partial charge on any atom is -0.497 e. The summed E-state index contributed by atoms with van der Waals surface area (Å²) in [4.78, 5) is 25.8. The fourth-order valence-electron chi connectivity index (χ4n) is 4.48. The van der Waals surface area contributed by atoms with Crippen LogP contribution >= 0.6 is 0 Å². The number of para-hydroxylation sites is 1. The predicted molar refractivity (Wildman–Crippen MR) is 134 cm³/mol. The molecule has 7 nitrogen and oxygen atoms in total. The van der Waals surface area contributed by atoms with Gasteiger partial charge in [0.05, 0.1) is 37.2 Å². The highest BCUT2D eigenvalue weighted by atomic mass is 16.6. The number of methoxy groups -OCH3 is 1. The van der Waals surface area contributed by atoms with Crippen molar-refractivity contribution >= 4 is 16.9 Å². The molecule has 0 amide bonds. The van der Waals surface area contributed by atoms with Gasteiger partial charge in [0.15, 0.2) is 0 Å². The fourth-order valence-corrected chi connectivity index (χ4v) is 4.48. The van der Waals surface area contributed by atoms with Gasteiger partial charge in [-0.2, -0.15) is 0 Å². The minimum atomic E-state index is -0.990. The van der Waals surface area contributed by atoms with Crippen molar-refractivity contribution in [3.05, 3.63) is 99.9 Å². The van der Waals surface area contributed by atoms with Crippen molar-refractivity contribution in [3.63, 3.8) is 0 Å². The first-order valence-corrected chi connectivity index (χ1v) is 11.8. The van der Waals surface area contributed by atoms with Crippen LogP contribution in [-0.2, 0) is 16.0 Å². The highest BCUT2D eigenvalue weighted by Gasteiger charge is 2.45. The van der Waals surface area contributed by atoms with Crippen LogP contribution in [0.2, 0.25) is 0 Å². The Hall–Kier alpha value is -4.26. The van der Waals surface area contributed by atoms with Crippen molar-refractivity contribution in [3.8, 4) is 17.2 Å². The first-order chi connectivity index (χ1) is 17.6. The molecule has 184 valence electrons. The van der Waals surface area contributed by atoms with Crippen LogP contribution in [-0.4, -0.2) is 32.4 Å². The van der Waals surface area contributed by atoms with Crippen molar-refractivity contribution in [1.82, 2.24) is 0 Å². The first-order valence-electron chi connectivity index (χ1n) is 11.8. The number of benzene rings is 3. The molecule has 1 aliphatic heterocycles. The number of hydrogen-bond donors (Lipinski definition) is 0. The van der Waals surface area contributed by atoms with Gasteiger partial charge < -0.3 is 23.4 Å². The van der Waals surface area contributed by atoms with E-state index in [1.165, 1.54) is 0 Å². The Morgan fingerprint density at radius 1 is 0.944 bits per heavy atom. The summed E-state index contributed by atoms with van der Waals surface area (Å²) in [5.41, 5.74) is 2.07. The number of carbonyl (C=O) groups is 1. The van der Waals surface area contributed by atoms with E-state index in [1.54, 1.807) is 26.2 Å². The van der Waals surface area contributed by atoms with Gasteiger partial charge in [-0.25, -0.2) is 9.59 Å². The van der Waals surface area contributed by atoms with E-state index in [0.717, 1.165) is 23.3 Å². The number of hydrogen-bond acceptors (Lipinski definition) is 7. The highest BCUT2D eigenvalue weighted by molar-refractivity contribution is 5.88. The van der Waals surface area contributed by atoms with Gasteiger partial charge in [-0.15, -0.1) is 0 Å². The zero-order valence-corrected chi connectivity index (χ0v) is 20.1. The average Bonchev–Trinajstić information content (AvgIpc) is 3.32. The average molecular weight is 487 g/mol. The molecule has 1 aliphatic rings. The molecular weight excluding hydrogens is 460 g/mol. The van der Waals surface area contributed by atoms with Crippen LogP contribution in [0.15, 0.2) is 82.0 Å². The predicted octanol–water partition coefficient (Wildman–Crippen LogP) is 4.88. The zero-order chi connectivity index (χ0) is 25.1. The topological polar surface area (TPSA) is 84.2 Å². The second kappa shape index (κ2) is 10.2. The number of esters is 1. The van der Waals surface area contributed by atoms with Gasteiger partial charge >= 0.3 is 11.6 Å². The lowest BCUT2D eigenvalue weighted by atomic mass is 9.88. The summed E-state index contributed by atoms with van der Waals surface area (Å²) in [6.07, 6.45) is -0.246. The van der Waals surface area contributed by atoms with E-state index in [0.29, 0.717) is 34.6 Å². The summed E-state index contributed by atoms with van der Waals surface area (Å²) in [6, 6.07) is 22.3. The summed E-state index contributed by atoms with van der Waals surface area (Å²) >= 11 is 0. The van der Waals surface area contributed by atoms with Crippen LogP contribution in [0.3, 0.4) is 0 Å². The molecular formula is C29H26O7. The van der Waals surface area contributed by atoms with E-state index in [2.05, 4.69) is 0 Å². The molecule has 2 heterocycles. The van der Waals surface area contributed by atoms with Gasteiger partial charge in [0, 0.05) is 6.42 Å². The van der Waals surface area contributed by atoms with E-state index >= 15 is 0 Å². The summed E-state index contributed by atoms with van der Waals surface area (Å²) in [7, 11) is 1.64. The standard InChI is InChI=1S/C29H26O7/c1-3-33-29(31)27-24(25-26(36-27)22-6-4-5-7-23(22)35-28(25)30)19-10-14-21(15-11-19)34-17-16-18-8-12-20(32-2)13-9-18/h4-15,24,27H,3,16-17H2,1-2H3/t24-,27+/m0/s1. The van der Waals surface area contributed by atoms with Crippen LogP contribution in [0.4, 0.5) is 0 Å². The summed E-state index contributed by atoms with van der Waals surface area (Å²) in [5.74, 6) is 0.681. The third-order valence-corrected chi connectivity index (χ3v) is 6.23. The third kappa shape index (κ3) is 4.52. The summed E-state index contributed by atoms with van der Waals surface area (Å²) in [5, 5.41) is 0.641. The van der Waals surface area contributed by atoms with E-state index in [1.807, 2.05) is 60.7 Å². The minimum absolute atomic E-state index is 0.206. The third-order valence-electron chi connectivity index (χ3n) is 6.23. The Labute approximate surface area is 208 Å². The van der Waals surface area contributed by atoms with Crippen molar-refractivity contribution < 1.29 is 28.2 Å². The van der Waals surface area contributed by atoms with Crippen LogP contribution in [0.5, 0.6) is 17.2 Å². The molecule has 36 heavy (non-hydrogen) atoms. The summed E-state index contributed by atoms with van der Waals surface area (Å²) < 4.78 is 28.0. The molecule has 0 bridgehead atoms. The molecule has 0 spiro atoms. The van der Waals surface area contributed by atoms with E-state index < -0.39 is 23.6 Å². The molecule has 2 atom stereocenters. The van der Waals surface area contributed by atoms with Gasteiger partial charge in [0.25, 0.3) is 0 Å². The van der Waals surface area contributed by atoms with Crippen LogP contribution in [0.25, 0.3) is 11.0 Å². The zero-order valence-electron chi connectivity index (χ0n) is 20.1. The van der Waals surface area contributed by atoms with Crippen molar-refractivity contribution in [2.75, 3.05) is 20.3 Å². The Balaban J connectivity index is 1.39. The Morgan fingerprint density at radius 2 is 1.67 bits per heavy atom. The lowest BCUT2D eigenvalue weighted by Gasteiger charge is -2.18. The number of rotatable bonds is 8. The monoisotopic (exact) mass is 486 g/mol. The number of carbonyl (C=O) groups excluding carboxylic acids is 1. The van der Waals surface area contributed by atoms with Crippen LogP contribution in [0, 0.1) is 0 Å². The van der Waals surface area contributed by atoms with Gasteiger partial charge in [0.2, 0.25) is 6.10 Å². The molecule has 1 aromatic heterocycles. The van der Waals surface area contributed by atoms with E-state index in [4.69, 9.17) is 23.4 Å². The van der Waals surface area contributed by atoms with Crippen molar-refractivity contribution in [1.29, 1.82) is 0 Å². The van der Waals surface area contributed by atoms with Crippen LogP contribution in [0.1, 0.15) is 29.5 Å². The van der Waals surface area contributed by atoms with Gasteiger partial charge in [-0.1, -0.05) is 36.4 Å². The molecule has 7 heteroatoms. The molecule has 0 aliphatic carbocycles. The lowest BCUT2D eigenvalue weighted by Crippen LogP contribution is -2.32.